The number of likely N-dealkylation sites (N-methyl/N-ethyl adjacent to an activating group) is 1. The van der Waals surface area contributed by atoms with Crippen molar-refractivity contribution in [2.45, 2.75) is 31.8 Å². The summed E-state index contributed by atoms with van der Waals surface area (Å²) in [6.45, 7) is 2.92. The van der Waals surface area contributed by atoms with E-state index in [4.69, 9.17) is 11.6 Å². The molecule has 0 radical (unpaired) electrons. The van der Waals surface area contributed by atoms with Crippen LogP contribution in [0.4, 0.5) is 0 Å². The van der Waals surface area contributed by atoms with Crippen molar-refractivity contribution < 1.29 is 9.69 Å². The summed E-state index contributed by atoms with van der Waals surface area (Å²) < 4.78 is 0. The second-order valence-corrected chi connectivity index (χ2v) is 6.51. The van der Waals surface area contributed by atoms with Crippen LogP contribution in [-0.2, 0) is 11.3 Å². The van der Waals surface area contributed by atoms with Gasteiger partial charge in [0.25, 0.3) is 5.91 Å². The van der Waals surface area contributed by atoms with Crippen LogP contribution in [-0.4, -0.2) is 25.0 Å². The number of hydrogen-bond donors (Lipinski definition) is 2. The van der Waals surface area contributed by atoms with Gasteiger partial charge in [-0.1, -0.05) is 23.7 Å². The lowest BCUT2D eigenvalue weighted by molar-refractivity contribution is -0.885. The molecule has 2 atom stereocenters. The molecule has 0 aromatic heterocycles. The van der Waals surface area contributed by atoms with Gasteiger partial charge in [0.2, 0.25) is 0 Å². The van der Waals surface area contributed by atoms with Crippen LogP contribution in [0.1, 0.15) is 25.3 Å². The Morgan fingerprint density at radius 1 is 1.48 bits per heavy atom. The Labute approximate surface area is 130 Å². The van der Waals surface area contributed by atoms with Crippen molar-refractivity contribution in [3.63, 3.8) is 0 Å². The molecule has 1 aliphatic carbocycles. The molecule has 1 unspecified atom stereocenters. The minimum absolute atomic E-state index is 0.0718. The smallest absolute Gasteiger partial charge is 0.276 e. The molecule has 4 nitrogen and oxygen atoms in total. The van der Waals surface area contributed by atoms with E-state index in [1.54, 1.807) is 0 Å². The molecule has 1 aromatic rings. The fourth-order valence-electron chi connectivity index (χ4n) is 2.50. The Morgan fingerprint density at radius 3 is 2.62 bits per heavy atom. The van der Waals surface area contributed by atoms with Crippen molar-refractivity contribution in [3.05, 3.63) is 34.9 Å². The van der Waals surface area contributed by atoms with Gasteiger partial charge >= 0.3 is 0 Å². The van der Waals surface area contributed by atoms with Gasteiger partial charge in [0.15, 0.2) is 6.54 Å². The van der Waals surface area contributed by atoms with Crippen molar-refractivity contribution in [1.82, 2.24) is 5.32 Å². The number of quaternary nitrogens is 1. The minimum Gasteiger partial charge on any atom is -0.333 e. The maximum absolute atomic E-state index is 12.1. The van der Waals surface area contributed by atoms with Crippen molar-refractivity contribution in [2.75, 3.05) is 13.6 Å². The molecular formula is C16H21ClN3O+. The summed E-state index contributed by atoms with van der Waals surface area (Å²) in [6, 6.07) is 9.88. The van der Waals surface area contributed by atoms with Gasteiger partial charge in [-0.15, -0.1) is 0 Å². The lowest BCUT2D eigenvalue weighted by Gasteiger charge is -2.23. The van der Waals surface area contributed by atoms with E-state index < -0.39 is 5.54 Å². The van der Waals surface area contributed by atoms with E-state index >= 15 is 0 Å². The highest BCUT2D eigenvalue weighted by molar-refractivity contribution is 6.30. The molecule has 1 aromatic carbocycles. The number of halogens is 1. The standard InChI is InChI=1S/C16H20ClN3O/c1-16(11-18,13-5-6-13)19-15(21)10-20(2)9-12-3-7-14(17)8-4-12/h3-4,7-8,13H,5-6,9-10H2,1-2H3,(H,19,21)/p+1/t16-/m0/s1. The largest absolute Gasteiger partial charge is 0.333 e. The van der Waals surface area contributed by atoms with Gasteiger partial charge in [-0.05, 0) is 37.8 Å². The fourth-order valence-corrected chi connectivity index (χ4v) is 2.63. The highest BCUT2D eigenvalue weighted by Gasteiger charge is 2.43. The molecule has 0 saturated heterocycles. The molecule has 1 aliphatic rings. The fraction of sp³-hybridized carbons (Fsp3) is 0.500. The molecule has 21 heavy (non-hydrogen) atoms. The third-order valence-electron chi connectivity index (χ3n) is 3.91. The number of nitrogens with one attached hydrogen (secondary N) is 2. The maximum Gasteiger partial charge on any atom is 0.276 e. The normalized spacial score (nSPS) is 18.4. The molecule has 0 heterocycles. The average molecular weight is 307 g/mol. The number of amides is 1. The monoisotopic (exact) mass is 306 g/mol. The van der Waals surface area contributed by atoms with E-state index in [-0.39, 0.29) is 5.91 Å². The summed E-state index contributed by atoms with van der Waals surface area (Å²) in [7, 11) is 1.97. The maximum atomic E-state index is 12.1. The summed E-state index contributed by atoms with van der Waals surface area (Å²) in [5.41, 5.74) is 0.424. The summed E-state index contributed by atoms with van der Waals surface area (Å²) in [6.07, 6.45) is 2.05. The molecule has 1 fully saturated rings. The van der Waals surface area contributed by atoms with Gasteiger partial charge in [-0.3, -0.25) is 4.79 Å². The number of carbonyl (C=O) groups excluding carboxylic acids is 1. The Balaban J connectivity index is 1.84. The van der Waals surface area contributed by atoms with Gasteiger partial charge in [-0.2, -0.15) is 5.26 Å². The van der Waals surface area contributed by atoms with E-state index in [1.807, 2.05) is 38.2 Å². The minimum atomic E-state index is -0.711. The van der Waals surface area contributed by atoms with E-state index in [0.717, 1.165) is 29.8 Å². The second-order valence-electron chi connectivity index (χ2n) is 6.07. The van der Waals surface area contributed by atoms with Crippen LogP contribution < -0.4 is 10.2 Å². The van der Waals surface area contributed by atoms with Crippen molar-refractivity contribution in [2.24, 2.45) is 5.92 Å². The molecule has 1 amide bonds. The zero-order valence-electron chi connectivity index (χ0n) is 12.4. The summed E-state index contributed by atoms with van der Waals surface area (Å²) >= 11 is 5.86. The SMILES string of the molecule is C[NH+](CC(=O)N[C@@](C)(C#N)C1CC1)Cc1ccc(Cl)cc1. The van der Waals surface area contributed by atoms with Crippen LogP contribution in [0.25, 0.3) is 0 Å². The molecule has 2 N–H and O–H groups in total. The molecule has 112 valence electrons. The Kier molecular flexibility index (Phi) is 4.87. The van der Waals surface area contributed by atoms with Gasteiger partial charge in [0.05, 0.1) is 13.1 Å². The van der Waals surface area contributed by atoms with Crippen LogP contribution in [0.3, 0.4) is 0 Å². The van der Waals surface area contributed by atoms with Gasteiger partial charge < -0.3 is 10.2 Å². The van der Waals surface area contributed by atoms with E-state index in [2.05, 4.69) is 11.4 Å². The zero-order chi connectivity index (χ0) is 15.5. The van der Waals surface area contributed by atoms with E-state index in [9.17, 15) is 10.1 Å². The van der Waals surface area contributed by atoms with Crippen LogP contribution in [0, 0.1) is 17.2 Å². The first-order chi connectivity index (χ1) is 9.93. The lowest BCUT2D eigenvalue weighted by Crippen LogP contribution is -3.09. The molecule has 0 bridgehead atoms. The Morgan fingerprint density at radius 2 is 2.10 bits per heavy atom. The third-order valence-corrected chi connectivity index (χ3v) is 4.16. The van der Waals surface area contributed by atoms with Crippen molar-refractivity contribution in [1.29, 1.82) is 5.26 Å². The number of benzene rings is 1. The Bertz CT molecular complexity index is 548. The highest BCUT2D eigenvalue weighted by atomic mass is 35.5. The summed E-state index contributed by atoms with van der Waals surface area (Å²) in [5, 5.41) is 12.9. The Hall–Kier alpha value is -1.57. The number of hydrogen-bond acceptors (Lipinski definition) is 2. The van der Waals surface area contributed by atoms with Crippen molar-refractivity contribution in [3.8, 4) is 6.07 Å². The van der Waals surface area contributed by atoms with Gasteiger partial charge in [0.1, 0.15) is 12.1 Å². The predicted octanol–water partition coefficient (Wildman–Crippen LogP) is 1.16. The van der Waals surface area contributed by atoms with Crippen LogP contribution >= 0.6 is 11.6 Å². The summed E-state index contributed by atoms with van der Waals surface area (Å²) in [4.78, 5) is 13.2. The average Bonchev–Trinajstić information content (AvgIpc) is 3.25. The van der Waals surface area contributed by atoms with Crippen LogP contribution in [0.15, 0.2) is 24.3 Å². The zero-order valence-corrected chi connectivity index (χ0v) is 13.2. The topological polar surface area (TPSA) is 57.3 Å². The van der Waals surface area contributed by atoms with Gasteiger partial charge in [-0.25, -0.2) is 0 Å². The van der Waals surface area contributed by atoms with Crippen LogP contribution in [0.2, 0.25) is 5.02 Å². The first-order valence-corrected chi connectivity index (χ1v) is 7.59. The number of rotatable bonds is 6. The number of nitriles is 1. The quantitative estimate of drug-likeness (QED) is 0.829. The molecule has 2 rings (SSSR count). The number of nitrogens with zero attached hydrogens (tertiary/aromatic N) is 1. The summed E-state index contributed by atoms with van der Waals surface area (Å²) in [5.74, 6) is 0.237. The van der Waals surface area contributed by atoms with Gasteiger partial charge in [0, 0.05) is 10.6 Å². The first-order valence-electron chi connectivity index (χ1n) is 7.21. The molecule has 5 heteroatoms. The first kappa shape index (κ1) is 15.8. The molecule has 1 saturated carbocycles. The molecular weight excluding hydrogens is 286 g/mol. The van der Waals surface area contributed by atoms with E-state index in [1.165, 1.54) is 0 Å². The second kappa shape index (κ2) is 6.46. The van der Waals surface area contributed by atoms with E-state index in [0.29, 0.717) is 17.5 Å². The third kappa shape index (κ3) is 4.45. The predicted molar refractivity (Wildman–Crippen MR) is 81.8 cm³/mol. The molecule has 0 spiro atoms. The number of carbonyl (C=O) groups is 1. The van der Waals surface area contributed by atoms with Crippen LogP contribution in [0.5, 0.6) is 0 Å². The van der Waals surface area contributed by atoms with Crippen molar-refractivity contribution >= 4 is 17.5 Å². The lowest BCUT2D eigenvalue weighted by atomic mass is 9.98. The molecule has 0 aliphatic heterocycles. The highest BCUT2D eigenvalue weighted by Crippen LogP contribution is 2.39.